The Bertz CT molecular complexity index is 269. The number of hydrogen-bond acceptors (Lipinski definition) is 3. The molecule has 0 aromatic heterocycles. The van der Waals surface area contributed by atoms with Gasteiger partial charge in [-0.05, 0) is 17.7 Å². The first-order valence-corrected chi connectivity index (χ1v) is 4.71. The van der Waals surface area contributed by atoms with Crippen molar-refractivity contribution in [3.05, 3.63) is 34.3 Å². The summed E-state index contributed by atoms with van der Waals surface area (Å²) in [7, 11) is 0. The lowest BCUT2D eigenvalue weighted by Crippen LogP contribution is -2.38. The Morgan fingerprint density at radius 1 is 1.31 bits per heavy atom. The second-order valence-electron chi connectivity index (χ2n) is 2.90. The Labute approximate surface area is 85.3 Å². The van der Waals surface area contributed by atoms with E-state index < -0.39 is 5.60 Å². The zero-order chi connectivity index (χ0) is 9.90. The summed E-state index contributed by atoms with van der Waals surface area (Å²) in [4.78, 5) is 0. The van der Waals surface area contributed by atoms with Crippen LogP contribution in [0, 0.1) is 0 Å². The lowest BCUT2D eigenvalue weighted by Gasteiger charge is -2.24. The molecule has 0 amide bonds. The van der Waals surface area contributed by atoms with Crippen molar-refractivity contribution in [1.29, 1.82) is 0 Å². The molecule has 1 aromatic rings. The molecule has 0 aliphatic heterocycles. The van der Waals surface area contributed by atoms with Gasteiger partial charge in [0.05, 0.1) is 6.61 Å². The Morgan fingerprint density at radius 3 is 2.23 bits per heavy atom. The normalized spacial score (nSPS) is 15.4. The Kier molecular flexibility index (Phi) is 3.44. The molecule has 0 heterocycles. The molecule has 3 nitrogen and oxygen atoms in total. The van der Waals surface area contributed by atoms with Crippen molar-refractivity contribution in [3.8, 4) is 0 Å². The van der Waals surface area contributed by atoms with Crippen LogP contribution in [0.25, 0.3) is 0 Å². The minimum absolute atomic E-state index is 0.00509. The van der Waals surface area contributed by atoms with Crippen LogP contribution in [-0.4, -0.2) is 23.4 Å². The molecule has 0 aliphatic carbocycles. The van der Waals surface area contributed by atoms with Crippen LogP contribution in [0.4, 0.5) is 0 Å². The van der Waals surface area contributed by atoms with E-state index in [4.69, 9.17) is 10.8 Å². The maximum atomic E-state index is 9.80. The van der Waals surface area contributed by atoms with Crippen LogP contribution in [0.3, 0.4) is 0 Å². The van der Waals surface area contributed by atoms with Crippen molar-refractivity contribution in [2.24, 2.45) is 5.73 Å². The van der Waals surface area contributed by atoms with Gasteiger partial charge in [-0.1, -0.05) is 28.1 Å². The van der Waals surface area contributed by atoms with Crippen molar-refractivity contribution in [2.75, 3.05) is 13.2 Å². The number of aliphatic hydroxyl groups excluding tert-OH is 1. The van der Waals surface area contributed by atoms with Gasteiger partial charge in [-0.25, -0.2) is 0 Å². The summed E-state index contributed by atoms with van der Waals surface area (Å²) in [6.07, 6.45) is 0. The second-order valence-corrected chi connectivity index (χ2v) is 3.82. The predicted octanol–water partition coefficient (Wildman–Crippen LogP) is 0.588. The van der Waals surface area contributed by atoms with Gasteiger partial charge < -0.3 is 15.9 Å². The Balaban J connectivity index is 2.99. The van der Waals surface area contributed by atoms with E-state index in [0.717, 1.165) is 4.47 Å². The summed E-state index contributed by atoms with van der Waals surface area (Å²) < 4.78 is 0.925. The molecule has 0 unspecified atom stereocenters. The Hall–Kier alpha value is -0.420. The molecule has 0 saturated heterocycles. The first kappa shape index (κ1) is 10.7. The van der Waals surface area contributed by atoms with E-state index >= 15 is 0 Å². The maximum Gasteiger partial charge on any atom is 0.125 e. The van der Waals surface area contributed by atoms with Gasteiger partial charge in [-0.2, -0.15) is 0 Å². The number of nitrogens with two attached hydrogens (primary N) is 1. The van der Waals surface area contributed by atoms with Crippen molar-refractivity contribution >= 4 is 15.9 Å². The SMILES string of the molecule is NC[C@@](O)(CO)c1ccc(Br)cc1. The molecule has 4 heteroatoms. The number of benzene rings is 1. The van der Waals surface area contributed by atoms with Gasteiger partial charge >= 0.3 is 0 Å². The molecule has 0 radical (unpaired) electrons. The Morgan fingerprint density at radius 2 is 1.85 bits per heavy atom. The predicted molar refractivity (Wildman–Crippen MR) is 54.2 cm³/mol. The summed E-state index contributed by atoms with van der Waals surface area (Å²) in [5, 5.41) is 18.8. The molecular weight excluding hydrogens is 234 g/mol. The van der Waals surface area contributed by atoms with Gasteiger partial charge in [-0.15, -0.1) is 0 Å². The first-order valence-electron chi connectivity index (χ1n) is 3.92. The smallest absolute Gasteiger partial charge is 0.125 e. The van der Waals surface area contributed by atoms with Crippen molar-refractivity contribution in [1.82, 2.24) is 0 Å². The lowest BCUT2D eigenvalue weighted by atomic mass is 9.95. The number of halogens is 1. The van der Waals surface area contributed by atoms with Crippen LogP contribution in [0.2, 0.25) is 0 Å². The van der Waals surface area contributed by atoms with Gasteiger partial charge in [0, 0.05) is 11.0 Å². The first-order chi connectivity index (χ1) is 6.12. The van der Waals surface area contributed by atoms with Crippen LogP contribution >= 0.6 is 15.9 Å². The van der Waals surface area contributed by atoms with Crippen molar-refractivity contribution in [3.63, 3.8) is 0 Å². The van der Waals surface area contributed by atoms with Gasteiger partial charge in [0.1, 0.15) is 5.60 Å². The van der Waals surface area contributed by atoms with E-state index in [2.05, 4.69) is 15.9 Å². The van der Waals surface area contributed by atoms with Gasteiger partial charge in [0.2, 0.25) is 0 Å². The fraction of sp³-hybridized carbons (Fsp3) is 0.333. The highest BCUT2D eigenvalue weighted by atomic mass is 79.9. The summed E-state index contributed by atoms with van der Waals surface area (Å²) in [5.41, 5.74) is 4.67. The van der Waals surface area contributed by atoms with Crippen LogP contribution in [0.5, 0.6) is 0 Å². The molecule has 1 aromatic carbocycles. The minimum Gasteiger partial charge on any atom is -0.393 e. The van der Waals surface area contributed by atoms with E-state index in [1.165, 1.54) is 0 Å². The summed E-state index contributed by atoms with van der Waals surface area (Å²) in [6, 6.07) is 7.05. The third kappa shape index (κ3) is 2.28. The quantitative estimate of drug-likeness (QED) is 0.731. The summed E-state index contributed by atoms with van der Waals surface area (Å²) >= 11 is 3.28. The van der Waals surface area contributed by atoms with E-state index in [1.807, 2.05) is 0 Å². The molecule has 0 bridgehead atoms. The maximum absolute atomic E-state index is 9.80. The standard InChI is InChI=1S/C9H12BrNO2/c10-8-3-1-7(2-4-8)9(13,5-11)6-12/h1-4,12-13H,5-6,11H2/t9-/m1/s1. The van der Waals surface area contributed by atoms with Crippen molar-refractivity contribution in [2.45, 2.75) is 5.60 Å². The highest BCUT2D eigenvalue weighted by molar-refractivity contribution is 9.10. The van der Waals surface area contributed by atoms with Crippen LogP contribution in [0.15, 0.2) is 28.7 Å². The van der Waals surface area contributed by atoms with E-state index in [1.54, 1.807) is 24.3 Å². The zero-order valence-electron chi connectivity index (χ0n) is 7.07. The molecule has 1 rings (SSSR count). The second kappa shape index (κ2) is 4.19. The molecule has 1 atom stereocenters. The molecule has 72 valence electrons. The van der Waals surface area contributed by atoms with E-state index in [-0.39, 0.29) is 13.2 Å². The van der Waals surface area contributed by atoms with Gasteiger partial charge in [0.15, 0.2) is 0 Å². The summed E-state index contributed by atoms with van der Waals surface area (Å²) in [6.45, 7) is -0.365. The lowest BCUT2D eigenvalue weighted by molar-refractivity contribution is -0.0110. The number of aliphatic hydroxyl groups is 2. The fourth-order valence-corrected chi connectivity index (χ4v) is 1.30. The fourth-order valence-electron chi connectivity index (χ4n) is 1.03. The van der Waals surface area contributed by atoms with Crippen LogP contribution in [-0.2, 0) is 5.60 Å². The average molecular weight is 246 g/mol. The van der Waals surface area contributed by atoms with Crippen molar-refractivity contribution < 1.29 is 10.2 Å². The van der Waals surface area contributed by atoms with E-state index in [9.17, 15) is 5.11 Å². The van der Waals surface area contributed by atoms with Crippen LogP contribution < -0.4 is 5.73 Å². The number of hydrogen-bond donors (Lipinski definition) is 3. The minimum atomic E-state index is -1.32. The van der Waals surface area contributed by atoms with E-state index in [0.29, 0.717) is 5.56 Å². The summed E-state index contributed by atoms with van der Waals surface area (Å²) in [5.74, 6) is 0. The molecule has 4 N–H and O–H groups in total. The van der Waals surface area contributed by atoms with Crippen LogP contribution in [0.1, 0.15) is 5.56 Å². The molecule has 0 fully saturated rings. The molecule has 0 aliphatic rings. The molecule has 0 saturated carbocycles. The third-order valence-corrected chi connectivity index (χ3v) is 2.51. The molecular formula is C9H12BrNO2. The average Bonchev–Trinajstić information content (AvgIpc) is 2.18. The number of rotatable bonds is 3. The third-order valence-electron chi connectivity index (χ3n) is 1.98. The van der Waals surface area contributed by atoms with Gasteiger partial charge in [-0.3, -0.25) is 0 Å². The monoisotopic (exact) mass is 245 g/mol. The van der Waals surface area contributed by atoms with Gasteiger partial charge in [0.25, 0.3) is 0 Å². The topological polar surface area (TPSA) is 66.5 Å². The molecule has 13 heavy (non-hydrogen) atoms. The highest BCUT2D eigenvalue weighted by Crippen LogP contribution is 2.21. The molecule has 0 spiro atoms. The largest absolute Gasteiger partial charge is 0.393 e. The highest BCUT2D eigenvalue weighted by Gasteiger charge is 2.26. The zero-order valence-corrected chi connectivity index (χ0v) is 8.66.